The summed E-state index contributed by atoms with van der Waals surface area (Å²) in [6.07, 6.45) is 0.345. The van der Waals surface area contributed by atoms with E-state index in [9.17, 15) is 9.59 Å². The number of nitrogens with one attached hydrogen (secondary N) is 2. The zero-order valence-electron chi connectivity index (χ0n) is 18.7. The fourth-order valence-corrected chi connectivity index (χ4v) is 4.67. The molecule has 0 bridgehead atoms. The number of fused-ring (bicyclic) bond motifs is 3. The second kappa shape index (κ2) is 9.45. The van der Waals surface area contributed by atoms with Crippen LogP contribution in [0.4, 0.5) is 10.5 Å². The molecule has 1 aliphatic rings. The molecule has 4 rings (SSSR count). The summed E-state index contributed by atoms with van der Waals surface area (Å²) in [7, 11) is 0. The Bertz CT molecular complexity index is 1180. The number of carbonyl (C=O) groups excluding carboxylic acids is 2. The number of rotatable bonds is 4. The highest BCUT2D eigenvalue weighted by atomic mass is 35.5. The van der Waals surface area contributed by atoms with Crippen LogP contribution >= 0.6 is 22.9 Å². The molecule has 0 spiro atoms. The molecule has 0 radical (unpaired) electrons. The molecular formula is C25H25ClN2O4S. The van der Waals surface area contributed by atoms with Gasteiger partial charge in [0.05, 0.1) is 17.2 Å². The van der Waals surface area contributed by atoms with Crippen LogP contribution in [0.1, 0.15) is 42.3 Å². The predicted octanol–water partition coefficient (Wildman–Crippen LogP) is 6.28. The van der Waals surface area contributed by atoms with Crippen LogP contribution in [0.2, 0.25) is 5.02 Å². The lowest BCUT2D eigenvalue weighted by Crippen LogP contribution is -2.32. The number of anilines is 1. The third-order valence-electron chi connectivity index (χ3n) is 4.98. The Hall–Kier alpha value is -3.03. The average Bonchev–Trinajstić information content (AvgIpc) is 3.14. The first kappa shape index (κ1) is 23.1. The SMILES string of the molecule is CC(C)(C)OC(=O)NCc1ccc(NC(=O)c2cc3c(cc2Cl)OCCc2ccsc2-3)cc1. The molecule has 0 unspecified atom stereocenters. The van der Waals surface area contributed by atoms with Gasteiger partial charge in [0, 0.05) is 35.2 Å². The second-order valence-electron chi connectivity index (χ2n) is 8.71. The highest BCUT2D eigenvalue weighted by Gasteiger charge is 2.22. The number of amides is 2. The van der Waals surface area contributed by atoms with Crippen LogP contribution in [0, 0.1) is 0 Å². The van der Waals surface area contributed by atoms with E-state index >= 15 is 0 Å². The van der Waals surface area contributed by atoms with Gasteiger partial charge in [-0.05, 0) is 61.5 Å². The average molecular weight is 485 g/mol. The maximum absolute atomic E-state index is 13.0. The van der Waals surface area contributed by atoms with Gasteiger partial charge in [-0.25, -0.2) is 4.79 Å². The molecule has 1 aliphatic heterocycles. The number of benzene rings is 2. The van der Waals surface area contributed by atoms with Crippen molar-refractivity contribution in [3.63, 3.8) is 0 Å². The first-order chi connectivity index (χ1) is 15.7. The normalized spacial score (nSPS) is 12.6. The van der Waals surface area contributed by atoms with E-state index in [4.69, 9.17) is 21.1 Å². The molecule has 2 amide bonds. The minimum Gasteiger partial charge on any atom is -0.493 e. The standard InChI is InChI=1S/C25H25ClN2O4S/c1-25(2,3)32-24(30)27-14-15-4-6-17(7-5-15)28-23(29)18-12-19-21(13-20(18)26)31-10-8-16-9-11-33-22(16)19/h4-7,9,11-13H,8,10,14H2,1-3H3,(H,27,30)(H,28,29). The van der Waals surface area contributed by atoms with Crippen LogP contribution < -0.4 is 15.4 Å². The smallest absolute Gasteiger partial charge is 0.407 e. The van der Waals surface area contributed by atoms with Crippen molar-refractivity contribution in [2.75, 3.05) is 11.9 Å². The van der Waals surface area contributed by atoms with E-state index in [0.717, 1.165) is 22.4 Å². The van der Waals surface area contributed by atoms with Crippen molar-refractivity contribution in [3.05, 3.63) is 69.6 Å². The van der Waals surface area contributed by atoms with Crippen molar-refractivity contribution >= 4 is 40.6 Å². The van der Waals surface area contributed by atoms with Crippen LogP contribution in [0.5, 0.6) is 5.75 Å². The van der Waals surface area contributed by atoms with Crippen LogP contribution in [-0.4, -0.2) is 24.2 Å². The van der Waals surface area contributed by atoms with Crippen LogP contribution in [-0.2, 0) is 17.7 Å². The third kappa shape index (κ3) is 5.67. The summed E-state index contributed by atoms with van der Waals surface area (Å²) in [4.78, 5) is 25.9. The quantitative estimate of drug-likeness (QED) is 0.457. The molecule has 2 N–H and O–H groups in total. The van der Waals surface area contributed by atoms with Gasteiger partial charge in [0.15, 0.2) is 0 Å². The van der Waals surface area contributed by atoms with Gasteiger partial charge in [-0.3, -0.25) is 4.79 Å². The third-order valence-corrected chi connectivity index (χ3v) is 6.28. The van der Waals surface area contributed by atoms with Crippen LogP contribution in [0.25, 0.3) is 10.4 Å². The van der Waals surface area contributed by atoms with Gasteiger partial charge >= 0.3 is 6.09 Å². The summed E-state index contributed by atoms with van der Waals surface area (Å²) in [6.45, 7) is 6.34. The first-order valence-corrected chi connectivity index (χ1v) is 11.9. The lowest BCUT2D eigenvalue weighted by atomic mass is 10.0. The van der Waals surface area contributed by atoms with Crippen molar-refractivity contribution in [3.8, 4) is 16.2 Å². The van der Waals surface area contributed by atoms with Gasteiger partial charge < -0.3 is 20.1 Å². The van der Waals surface area contributed by atoms with Crippen molar-refractivity contribution in [2.45, 2.75) is 39.3 Å². The summed E-state index contributed by atoms with van der Waals surface area (Å²) in [5, 5.41) is 7.99. The number of halogens is 1. The molecule has 6 nitrogen and oxygen atoms in total. The molecule has 172 valence electrons. The molecule has 0 saturated heterocycles. The van der Waals surface area contributed by atoms with Crippen molar-refractivity contribution in [1.82, 2.24) is 5.32 Å². The Labute approximate surface area is 201 Å². The Morgan fingerprint density at radius 1 is 1.15 bits per heavy atom. The number of hydrogen-bond acceptors (Lipinski definition) is 5. The van der Waals surface area contributed by atoms with Crippen molar-refractivity contribution in [2.24, 2.45) is 0 Å². The van der Waals surface area contributed by atoms with E-state index in [2.05, 4.69) is 16.7 Å². The topological polar surface area (TPSA) is 76.7 Å². The maximum Gasteiger partial charge on any atom is 0.407 e. The Kier molecular flexibility index (Phi) is 6.63. The summed E-state index contributed by atoms with van der Waals surface area (Å²) in [5.74, 6) is 0.393. The highest BCUT2D eigenvalue weighted by molar-refractivity contribution is 7.13. The Balaban J connectivity index is 1.45. The molecule has 2 heterocycles. The van der Waals surface area contributed by atoms with Gasteiger partial charge in [0.25, 0.3) is 5.91 Å². The van der Waals surface area contributed by atoms with Crippen LogP contribution in [0.15, 0.2) is 47.8 Å². The van der Waals surface area contributed by atoms with E-state index in [-0.39, 0.29) is 5.91 Å². The number of thiophene rings is 1. The molecular weight excluding hydrogens is 460 g/mol. The molecule has 0 atom stereocenters. The molecule has 1 aromatic heterocycles. The summed E-state index contributed by atoms with van der Waals surface area (Å²) in [6, 6.07) is 12.8. The Morgan fingerprint density at radius 2 is 1.91 bits per heavy atom. The summed E-state index contributed by atoms with van der Waals surface area (Å²) < 4.78 is 11.1. The van der Waals surface area contributed by atoms with Crippen LogP contribution in [0.3, 0.4) is 0 Å². The fraction of sp³-hybridized carbons (Fsp3) is 0.280. The maximum atomic E-state index is 13.0. The molecule has 8 heteroatoms. The summed E-state index contributed by atoms with van der Waals surface area (Å²) in [5.41, 5.74) is 3.44. The zero-order valence-corrected chi connectivity index (χ0v) is 20.2. The minimum atomic E-state index is -0.549. The fourth-order valence-electron chi connectivity index (χ4n) is 3.46. The molecule has 0 aliphatic carbocycles. The van der Waals surface area contributed by atoms with Gasteiger partial charge in [-0.15, -0.1) is 11.3 Å². The number of hydrogen-bond donors (Lipinski definition) is 2. The summed E-state index contributed by atoms with van der Waals surface area (Å²) >= 11 is 8.06. The molecule has 33 heavy (non-hydrogen) atoms. The molecule has 0 fully saturated rings. The van der Waals surface area contributed by atoms with Gasteiger partial charge in [0.2, 0.25) is 0 Å². The predicted molar refractivity (Wildman–Crippen MR) is 131 cm³/mol. The largest absolute Gasteiger partial charge is 0.493 e. The number of ether oxygens (including phenoxy) is 2. The van der Waals surface area contributed by atoms with Gasteiger partial charge in [-0.1, -0.05) is 23.7 Å². The number of alkyl carbamates (subject to hydrolysis) is 1. The second-order valence-corrected chi connectivity index (χ2v) is 10.0. The Morgan fingerprint density at radius 3 is 2.64 bits per heavy atom. The highest BCUT2D eigenvalue weighted by Crippen LogP contribution is 2.41. The zero-order chi connectivity index (χ0) is 23.6. The lowest BCUT2D eigenvalue weighted by Gasteiger charge is -2.19. The minimum absolute atomic E-state index is 0.301. The van der Waals surface area contributed by atoms with Gasteiger partial charge in [-0.2, -0.15) is 0 Å². The monoisotopic (exact) mass is 484 g/mol. The van der Waals surface area contributed by atoms with E-state index in [1.165, 1.54) is 5.56 Å². The van der Waals surface area contributed by atoms with Crippen molar-refractivity contribution < 1.29 is 19.1 Å². The molecule has 0 saturated carbocycles. The van der Waals surface area contributed by atoms with Crippen molar-refractivity contribution in [1.29, 1.82) is 0 Å². The van der Waals surface area contributed by atoms with E-state index < -0.39 is 11.7 Å². The van der Waals surface area contributed by atoms with E-state index in [0.29, 0.717) is 35.2 Å². The van der Waals surface area contributed by atoms with E-state index in [1.807, 2.05) is 38.3 Å². The van der Waals surface area contributed by atoms with Gasteiger partial charge in [0.1, 0.15) is 11.4 Å². The number of carbonyl (C=O) groups is 2. The van der Waals surface area contributed by atoms with E-state index in [1.54, 1.807) is 35.6 Å². The lowest BCUT2D eigenvalue weighted by molar-refractivity contribution is 0.0523. The first-order valence-electron chi connectivity index (χ1n) is 10.6. The molecule has 3 aromatic rings. The molecule has 2 aromatic carbocycles.